The third kappa shape index (κ3) is 8.34. The number of hydrogen-bond donors (Lipinski definition) is 2. The molecule has 3 unspecified atom stereocenters. The quantitative estimate of drug-likeness (QED) is 0.121. The molecule has 0 radical (unpaired) electrons. The predicted octanol–water partition coefficient (Wildman–Crippen LogP) is 3.59. The number of aliphatic hydroxyl groups is 1. The van der Waals surface area contributed by atoms with Crippen LogP contribution in [0.25, 0.3) is 0 Å². The summed E-state index contributed by atoms with van der Waals surface area (Å²) in [5.74, 6) is -2.00. The molecule has 2 amide bonds. The summed E-state index contributed by atoms with van der Waals surface area (Å²) in [5.41, 5.74) is 1.12. The number of β-lactam (4-membered cyclic amide) rings is 1. The van der Waals surface area contributed by atoms with Gasteiger partial charge in [0.05, 0.1) is 27.9 Å². The number of amides is 2. The van der Waals surface area contributed by atoms with Gasteiger partial charge in [-0.05, 0) is 48.7 Å². The Morgan fingerprint density at radius 3 is 1.98 bits per heavy atom. The molecule has 0 spiro atoms. The van der Waals surface area contributed by atoms with E-state index >= 15 is 0 Å². The molecular formula is C30H31LiN4O12S. The third-order valence-electron chi connectivity index (χ3n) is 8.03. The summed E-state index contributed by atoms with van der Waals surface area (Å²) in [7, 11) is 0. The SMILES string of the molecule is CC1C(S[C@H]2CCN(C(=O)OCc3ccc([N+](=O)[O-])cc3)C2)=C(C(=O)OCc2ccc([N+](=O)[O-])cc2)N2C(=O)C([C@@H](C)O)C12.[Li][C](=O)O. The standard InChI is InChI=1S/C29H30N4O10S.CHO2.Li/c1-16-24-23(17(2)34)27(35)31(24)25(28(36)42-14-18-3-7-20(8-4-18)32(38)39)26(16)44-22-11-12-30(13-22)29(37)43-15-19-5-9-21(10-6-19)33(40)41;2-1-3;/h3-10,16-17,22-24,34H,11-15H2,1-2H3;(H,2,3);/t16?,17-,22+,23?,24?;;/m1../s1. The summed E-state index contributed by atoms with van der Waals surface area (Å²) in [6.07, 6.45) is -0.826. The summed E-state index contributed by atoms with van der Waals surface area (Å²) in [6.45, 7) is 3.99. The molecule has 3 aliphatic heterocycles. The molecule has 0 bridgehead atoms. The van der Waals surface area contributed by atoms with E-state index in [0.29, 0.717) is 35.5 Å². The molecular weight excluding hydrogens is 647 g/mol. The van der Waals surface area contributed by atoms with E-state index in [9.17, 15) is 39.7 Å². The second kappa shape index (κ2) is 15.6. The number of non-ortho nitro benzene ring substituents is 2. The first-order valence-electron chi connectivity index (χ1n) is 14.9. The molecule has 2 aromatic rings. The number of nitro groups is 2. The number of aliphatic hydroxyl groups excluding tert-OH is 1. The van der Waals surface area contributed by atoms with Crippen molar-refractivity contribution in [2.75, 3.05) is 13.1 Å². The minimum absolute atomic E-state index is 0.0441. The molecule has 5 rings (SSSR count). The van der Waals surface area contributed by atoms with E-state index in [2.05, 4.69) is 0 Å². The minimum atomic E-state index is -0.902. The van der Waals surface area contributed by atoms with Crippen molar-refractivity contribution < 1.29 is 48.7 Å². The Morgan fingerprint density at radius 1 is 1.00 bits per heavy atom. The van der Waals surface area contributed by atoms with Gasteiger partial charge in [0, 0.05) is 53.4 Å². The summed E-state index contributed by atoms with van der Waals surface area (Å²) < 4.78 is 10.1. The van der Waals surface area contributed by atoms with Crippen molar-refractivity contribution in [2.45, 2.75) is 50.9 Å². The van der Waals surface area contributed by atoms with E-state index in [1.165, 1.54) is 65.2 Å². The number of nitro benzene ring substituents is 2. The fraction of sp³-hybridized carbons (Fsp3) is 0.400. The van der Waals surface area contributed by atoms with Gasteiger partial charge in [-0.15, -0.1) is 11.8 Å². The van der Waals surface area contributed by atoms with Crippen molar-refractivity contribution in [3.63, 3.8) is 0 Å². The maximum atomic E-state index is 13.4. The molecule has 2 N–H and O–H groups in total. The Bertz CT molecular complexity index is 1610. The number of benzene rings is 2. The van der Waals surface area contributed by atoms with Gasteiger partial charge >= 0.3 is 44.3 Å². The van der Waals surface area contributed by atoms with E-state index in [4.69, 9.17) is 19.4 Å². The third-order valence-corrected chi connectivity index (χ3v) is 9.56. The second-order valence-corrected chi connectivity index (χ2v) is 12.8. The van der Waals surface area contributed by atoms with Crippen LogP contribution in [0.1, 0.15) is 31.4 Å². The van der Waals surface area contributed by atoms with E-state index in [0.717, 1.165) is 17.7 Å². The number of carbonyl (C=O) groups excluding carboxylic acids is 3. The van der Waals surface area contributed by atoms with Crippen molar-refractivity contribution in [1.29, 1.82) is 0 Å². The number of thioether (sulfide) groups is 1. The van der Waals surface area contributed by atoms with E-state index < -0.39 is 44.6 Å². The van der Waals surface area contributed by atoms with E-state index in [-0.39, 0.29) is 47.4 Å². The van der Waals surface area contributed by atoms with Crippen molar-refractivity contribution in [3.05, 3.63) is 90.5 Å². The van der Waals surface area contributed by atoms with Gasteiger partial charge in [-0.3, -0.25) is 25.0 Å². The van der Waals surface area contributed by atoms with Crippen LogP contribution in [0.5, 0.6) is 0 Å². The number of hydrogen-bond acceptors (Lipinski definition) is 12. The second-order valence-electron chi connectivity index (χ2n) is 11.4. The summed E-state index contributed by atoms with van der Waals surface area (Å²) in [5, 5.41) is 39.3. The predicted molar refractivity (Wildman–Crippen MR) is 170 cm³/mol. The first kappa shape index (κ1) is 36.4. The van der Waals surface area contributed by atoms with Crippen LogP contribution >= 0.6 is 11.8 Å². The molecule has 0 aromatic heterocycles. The first-order chi connectivity index (χ1) is 22.7. The topological polar surface area (TPSA) is 220 Å². The molecule has 16 nitrogen and oxygen atoms in total. The molecule has 0 aliphatic carbocycles. The molecule has 2 aromatic carbocycles. The number of ether oxygens (including phenoxy) is 2. The molecule has 3 heterocycles. The van der Waals surface area contributed by atoms with E-state index in [1.807, 2.05) is 6.92 Å². The van der Waals surface area contributed by atoms with Gasteiger partial charge in [-0.2, -0.15) is 0 Å². The van der Waals surface area contributed by atoms with Crippen LogP contribution in [0.3, 0.4) is 0 Å². The van der Waals surface area contributed by atoms with Gasteiger partial charge in [0.1, 0.15) is 18.9 Å². The normalized spacial score (nSPS) is 21.8. The zero-order valence-electron chi connectivity index (χ0n) is 26.2. The van der Waals surface area contributed by atoms with Gasteiger partial charge in [-0.1, -0.05) is 6.92 Å². The number of likely N-dealkylation sites (tertiary alicyclic amines) is 1. The number of carbonyl (C=O) groups is 4. The van der Waals surface area contributed by atoms with Crippen molar-refractivity contribution in [2.24, 2.45) is 11.8 Å². The van der Waals surface area contributed by atoms with Crippen LogP contribution in [0.15, 0.2) is 59.1 Å². The Kier molecular flexibility index (Phi) is 11.9. The van der Waals surface area contributed by atoms with Crippen molar-refractivity contribution in [1.82, 2.24) is 9.80 Å². The summed E-state index contributed by atoms with van der Waals surface area (Å²) >= 11 is 2.49. The number of nitrogens with zero attached hydrogens (tertiary/aromatic N) is 4. The summed E-state index contributed by atoms with van der Waals surface area (Å²) in [6, 6.07) is 10.9. The Balaban J connectivity index is 0.00000123. The summed E-state index contributed by atoms with van der Waals surface area (Å²) in [4.78, 5) is 72.5. The van der Waals surface area contributed by atoms with Crippen molar-refractivity contribution in [3.8, 4) is 0 Å². The fourth-order valence-corrected chi connectivity index (χ4v) is 7.20. The van der Waals surface area contributed by atoms with Gasteiger partial charge in [0.15, 0.2) is 0 Å². The molecule has 48 heavy (non-hydrogen) atoms. The van der Waals surface area contributed by atoms with E-state index in [1.54, 1.807) is 11.8 Å². The average molecular weight is 679 g/mol. The first-order valence-corrected chi connectivity index (χ1v) is 15.7. The molecule has 5 atom stereocenters. The van der Waals surface area contributed by atoms with Gasteiger partial charge < -0.3 is 24.4 Å². The van der Waals surface area contributed by atoms with Crippen molar-refractivity contribution >= 4 is 63.5 Å². The van der Waals surface area contributed by atoms with Gasteiger partial charge in [-0.25, -0.2) is 9.59 Å². The number of esters is 1. The van der Waals surface area contributed by atoms with Crippen LogP contribution in [-0.2, 0) is 32.3 Å². The Morgan fingerprint density at radius 2 is 1.50 bits per heavy atom. The maximum absolute atomic E-state index is 13.4. The zero-order chi connectivity index (χ0) is 35.3. The van der Waals surface area contributed by atoms with Crippen LogP contribution in [0.2, 0.25) is 0 Å². The van der Waals surface area contributed by atoms with Crippen LogP contribution in [0.4, 0.5) is 21.0 Å². The molecule has 3 aliphatic rings. The molecule has 2 saturated heterocycles. The average Bonchev–Trinajstić information content (AvgIpc) is 3.59. The number of fused-ring (bicyclic) bond motifs is 1. The Hall–Kier alpha value is -4.43. The van der Waals surface area contributed by atoms with Gasteiger partial charge in [0.2, 0.25) is 5.91 Å². The molecule has 0 saturated carbocycles. The van der Waals surface area contributed by atoms with Crippen LogP contribution in [-0.4, -0.2) is 101 Å². The molecule has 18 heteroatoms. The van der Waals surface area contributed by atoms with Crippen LogP contribution in [0, 0.1) is 32.1 Å². The van der Waals surface area contributed by atoms with Crippen LogP contribution < -0.4 is 0 Å². The zero-order valence-corrected chi connectivity index (χ0v) is 27.0. The number of carboxylic acid groups (broad SMARTS) is 1. The van der Waals surface area contributed by atoms with Gasteiger partial charge in [0.25, 0.3) is 11.4 Å². The Labute approximate surface area is 287 Å². The number of rotatable bonds is 10. The molecule has 250 valence electrons. The molecule has 2 fully saturated rings. The fourth-order valence-electron chi connectivity index (χ4n) is 5.72. The monoisotopic (exact) mass is 678 g/mol.